The molecule has 46 valence electrons. The molecule has 0 heterocycles. The van der Waals surface area contributed by atoms with E-state index in [9.17, 15) is 17.6 Å². The third-order valence-corrected chi connectivity index (χ3v) is 0.423. The van der Waals surface area contributed by atoms with Gasteiger partial charge in [-0.1, -0.05) is 0 Å². The van der Waals surface area contributed by atoms with Crippen LogP contribution in [0.4, 0.5) is 17.6 Å². The molecule has 0 amide bonds. The predicted molar refractivity (Wildman–Crippen MR) is 16.6 cm³/mol. The second-order valence-corrected chi connectivity index (χ2v) is 1.04. The molecule has 0 saturated carbocycles. The van der Waals surface area contributed by atoms with E-state index in [-0.39, 0.29) is 6.07 Å². The van der Waals surface area contributed by atoms with Gasteiger partial charge < -0.3 is 0 Å². The molecule has 0 atom stereocenters. The molecule has 0 aromatic carbocycles. The summed E-state index contributed by atoms with van der Waals surface area (Å²) >= 11 is 0. The summed E-state index contributed by atoms with van der Waals surface area (Å²) in [5.41, 5.74) is 0. The zero-order chi connectivity index (χ0) is 6.78. The SMILES string of the molecule is N#CC(F)(F)C(F)F. The molecule has 0 aliphatic heterocycles. The van der Waals surface area contributed by atoms with Crippen molar-refractivity contribution in [3.8, 4) is 6.07 Å². The normalized spacial score (nSPS) is 11.5. The van der Waals surface area contributed by atoms with Crippen LogP contribution in [0.5, 0.6) is 0 Å². The van der Waals surface area contributed by atoms with Crippen LogP contribution in [0.2, 0.25) is 0 Å². The highest BCUT2D eigenvalue weighted by Gasteiger charge is 2.40. The fraction of sp³-hybridized carbons (Fsp3) is 0.667. The van der Waals surface area contributed by atoms with Crippen LogP contribution < -0.4 is 0 Å². The summed E-state index contributed by atoms with van der Waals surface area (Å²) in [6, 6.07) is 0.157. The van der Waals surface area contributed by atoms with Gasteiger partial charge in [0.15, 0.2) is 0 Å². The number of halogens is 4. The van der Waals surface area contributed by atoms with Crippen molar-refractivity contribution >= 4 is 0 Å². The van der Waals surface area contributed by atoms with Crippen molar-refractivity contribution in [1.29, 1.82) is 5.26 Å². The number of alkyl halides is 4. The minimum Gasteiger partial charge on any atom is -0.202 e. The van der Waals surface area contributed by atoms with Gasteiger partial charge in [0.2, 0.25) is 0 Å². The second-order valence-electron chi connectivity index (χ2n) is 1.04. The minimum atomic E-state index is -4.49. The monoisotopic (exact) mass is 127 g/mol. The number of rotatable bonds is 1. The molecule has 0 aromatic heterocycles. The maximum Gasteiger partial charge on any atom is 0.391 e. The van der Waals surface area contributed by atoms with Crippen molar-refractivity contribution < 1.29 is 17.6 Å². The van der Waals surface area contributed by atoms with Gasteiger partial charge in [-0.3, -0.25) is 0 Å². The largest absolute Gasteiger partial charge is 0.391 e. The van der Waals surface area contributed by atoms with Crippen LogP contribution in [0.1, 0.15) is 0 Å². The summed E-state index contributed by atoms with van der Waals surface area (Å²) < 4.78 is 44.0. The summed E-state index contributed by atoms with van der Waals surface area (Å²) in [7, 11) is 0. The van der Waals surface area contributed by atoms with Crippen LogP contribution in [0.25, 0.3) is 0 Å². The Kier molecular flexibility index (Phi) is 1.79. The average Bonchev–Trinajstić information content (AvgIpc) is 1.67. The molecular weight excluding hydrogens is 126 g/mol. The standard InChI is InChI=1S/C3HF4N/c4-2(5)3(6,7)1-8/h2H. The smallest absolute Gasteiger partial charge is 0.202 e. The summed E-state index contributed by atoms with van der Waals surface area (Å²) in [6.45, 7) is 0. The molecule has 0 fully saturated rings. The molecule has 0 aromatic rings. The van der Waals surface area contributed by atoms with E-state index in [0.29, 0.717) is 0 Å². The molecule has 0 radical (unpaired) electrons. The predicted octanol–water partition coefficient (Wildman–Crippen LogP) is 1.41. The van der Waals surface area contributed by atoms with Crippen LogP contribution in [0.3, 0.4) is 0 Å². The lowest BCUT2D eigenvalue weighted by Crippen LogP contribution is -2.23. The minimum absolute atomic E-state index is 0.157. The molecular formula is C3HF4N. The fourth-order valence-electron chi connectivity index (χ4n) is 0.0488. The van der Waals surface area contributed by atoms with E-state index < -0.39 is 12.3 Å². The number of nitrogens with zero attached hydrogens (tertiary/aromatic N) is 1. The third kappa shape index (κ3) is 1.37. The molecule has 0 bridgehead atoms. The van der Waals surface area contributed by atoms with E-state index in [4.69, 9.17) is 5.26 Å². The van der Waals surface area contributed by atoms with Gasteiger partial charge in [-0.15, -0.1) is 0 Å². The molecule has 5 heteroatoms. The van der Waals surface area contributed by atoms with Crippen LogP contribution in [0.15, 0.2) is 0 Å². The number of hydrogen-bond donors (Lipinski definition) is 0. The van der Waals surface area contributed by atoms with E-state index in [1.165, 1.54) is 0 Å². The Morgan fingerprint density at radius 2 is 1.75 bits per heavy atom. The van der Waals surface area contributed by atoms with Gasteiger partial charge in [-0.25, -0.2) is 8.78 Å². The Balaban J connectivity index is 3.97. The van der Waals surface area contributed by atoms with Crippen molar-refractivity contribution in [3.63, 3.8) is 0 Å². The fourth-order valence-corrected chi connectivity index (χ4v) is 0.0488. The number of hydrogen-bond acceptors (Lipinski definition) is 1. The lowest BCUT2D eigenvalue weighted by molar-refractivity contribution is -0.0845. The van der Waals surface area contributed by atoms with Gasteiger partial charge >= 0.3 is 12.3 Å². The van der Waals surface area contributed by atoms with Crippen LogP contribution >= 0.6 is 0 Å². The maximum absolute atomic E-state index is 11.2. The Labute approximate surface area is 42.5 Å². The molecule has 1 nitrogen and oxygen atoms in total. The van der Waals surface area contributed by atoms with E-state index in [2.05, 4.69) is 0 Å². The van der Waals surface area contributed by atoms with Gasteiger partial charge in [0.25, 0.3) is 0 Å². The summed E-state index contributed by atoms with van der Waals surface area (Å²) in [6.07, 6.45) is -3.88. The lowest BCUT2D eigenvalue weighted by Gasteiger charge is -2.02. The quantitative estimate of drug-likeness (QED) is 0.488. The first-order chi connectivity index (χ1) is 3.50. The molecule has 0 aliphatic rings. The van der Waals surface area contributed by atoms with E-state index in [1.54, 1.807) is 0 Å². The summed E-state index contributed by atoms with van der Waals surface area (Å²) in [4.78, 5) is 0. The Morgan fingerprint density at radius 1 is 1.38 bits per heavy atom. The van der Waals surface area contributed by atoms with Crippen LogP contribution in [-0.4, -0.2) is 12.3 Å². The third-order valence-electron chi connectivity index (χ3n) is 0.423. The van der Waals surface area contributed by atoms with Gasteiger partial charge in [0.1, 0.15) is 6.07 Å². The molecule has 0 saturated heterocycles. The molecule has 8 heavy (non-hydrogen) atoms. The maximum atomic E-state index is 11.2. The molecule has 0 unspecified atom stereocenters. The van der Waals surface area contributed by atoms with E-state index >= 15 is 0 Å². The lowest BCUT2D eigenvalue weighted by atomic mass is 10.4. The summed E-state index contributed by atoms with van der Waals surface area (Å²) in [5.74, 6) is -4.49. The molecule has 0 N–H and O–H groups in total. The Hall–Kier alpha value is -0.790. The Bertz CT molecular complexity index is 113. The van der Waals surface area contributed by atoms with Gasteiger partial charge in [-0.2, -0.15) is 14.0 Å². The highest BCUT2D eigenvalue weighted by Crippen LogP contribution is 2.20. The summed E-state index contributed by atoms with van der Waals surface area (Å²) in [5, 5.41) is 7.28. The zero-order valence-electron chi connectivity index (χ0n) is 3.54. The second kappa shape index (κ2) is 1.99. The van der Waals surface area contributed by atoms with Crippen molar-refractivity contribution in [1.82, 2.24) is 0 Å². The molecule has 0 spiro atoms. The first-order valence-corrected chi connectivity index (χ1v) is 1.58. The first-order valence-electron chi connectivity index (χ1n) is 1.58. The van der Waals surface area contributed by atoms with Gasteiger partial charge in [-0.05, 0) is 0 Å². The van der Waals surface area contributed by atoms with Gasteiger partial charge in [0, 0.05) is 0 Å². The van der Waals surface area contributed by atoms with E-state index in [1.807, 2.05) is 0 Å². The van der Waals surface area contributed by atoms with Crippen molar-refractivity contribution in [2.45, 2.75) is 12.3 Å². The van der Waals surface area contributed by atoms with Crippen molar-refractivity contribution in [2.24, 2.45) is 0 Å². The topological polar surface area (TPSA) is 23.8 Å². The average molecular weight is 127 g/mol. The van der Waals surface area contributed by atoms with Crippen LogP contribution in [-0.2, 0) is 0 Å². The van der Waals surface area contributed by atoms with Crippen molar-refractivity contribution in [3.05, 3.63) is 0 Å². The van der Waals surface area contributed by atoms with E-state index in [0.717, 1.165) is 0 Å². The highest BCUT2D eigenvalue weighted by molar-refractivity contribution is 4.93. The van der Waals surface area contributed by atoms with Gasteiger partial charge in [0.05, 0.1) is 0 Å². The highest BCUT2D eigenvalue weighted by atomic mass is 19.3. The first kappa shape index (κ1) is 7.21. The molecule has 0 aliphatic carbocycles. The number of nitriles is 1. The zero-order valence-corrected chi connectivity index (χ0v) is 3.54. The van der Waals surface area contributed by atoms with Crippen molar-refractivity contribution in [2.75, 3.05) is 0 Å². The van der Waals surface area contributed by atoms with Crippen LogP contribution in [0, 0.1) is 11.3 Å². The molecule has 0 rings (SSSR count). The Morgan fingerprint density at radius 3 is 1.75 bits per heavy atom.